The highest BCUT2D eigenvalue weighted by atomic mass is 32.1. The Balaban J connectivity index is 1.70. The minimum atomic E-state index is -0.0509. The first-order chi connectivity index (χ1) is 11.3. The molecule has 1 aromatic carbocycles. The highest BCUT2D eigenvalue weighted by Gasteiger charge is 2.27. The lowest BCUT2D eigenvalue weighted by Gasteiger charge is -2.23. The van der Waals surface area contributed by atoms with Crippen molar-refractivity contribution in [2.24, 2.45) is 0 Å². The van der Waals surface area contributed by atoms with Crippen molar-refractivity contribution in [1.29, 1.82) is 0 Å². The zero-order valence-corrected chi connectivity index (χ0v) is 13.6. The van der Waals surface area contributed by atoms with Gasteiger partial charge in [-0.3, -0.25) is 9.48 Å². The Morgan fingerprint density at radius 1 is 1.30 bits per heavy atom. The summed E-state index contributed by atoms with van der Waals surface area (Å²) < 4.78 is 8.59. The molecule has 1 aliphatic heterocycles. The Kier molecular flexibility index (Phi) is 3.63. The predicted molar refractivity (Wildman–Crippen MR) is 89.6 cm³/mol. The number of hydrogen-bond donors (Lipinski definition) is 0. The largest absolute Gasteiger partial charge is 0.378 e. The fourth-order valence-corrected chi connectivity index (χ4v) is 3.97. The number of fused-ring (bicyclic) bond motifs is 2. The topological polar surface area (TPSA) is 47.4 Å². The first-order valence-electron chi connectivity index (χ1n) is 7.55. The first-order valence-corrected chi connectivity index (χ1v) is 8.43. The third kappa shape index (κ3) is 2.54. The quantitative estimate of drug-likeness (QED) is 0.727. The Hall–Kier alpha value is -2.18. The van der Waals surface area contributed by atoms with Gasteiger partial charge in [-0.25, -0.2) is 0 Å². The minimum absolute atomic E-state index is 0.0509. The number of aromatic nitrogens is 2. The second-order valence-corrected chi connectivity index (χ2v) is 6.60. The van der Waals surface area contributed by atoms with Gasteiger partial charge in [0.1, 0.15) is 0 Å². The number of ether oxygens (including phenoxy) is 1. The van der Waals surface area contributed by atoms with Crippen molar-refractivity contribution in [3.8, 4) is 0 Å². The number of rotatable bonds is 2. The molecule has 0 saturated heterocycles. The van der Waals surface area contributed by atoms with E-state index in [1.54, 1.807) is 24.6 Å². The maximum atomic E-state index is 13.1. The van der Waals surface area contributed by atoms with Gasteiger partial charge in [0, 0.05) is 35.3 Å². The van der Waals surface area contributed by atoms with Gasteiger partial charge in [-0.2, -0.15) is 5.10 Å². The van der Waals surface area contributed by atoms with E-state index in [1.807, 2.05) is 45.3 Å². The fraction of sp³-hybridized carbons (Fsp3) is 0.294. The predicted octanol–water partition coefficient (Wildman–Crippen LogP) is 2.77. The average molecular weight is 327 g/mol. The highest BCUT2D eigenvalue weighted by Crippen LogP contribution is 2.27. The summed E-state index contributed by atoms with van der Waals surface area (Å²) in [5, 5.41) is 7.30. The summed E-state index contributed by atoms with van der Waals surface area (Å²) >= 11 is 1.61. The summed E-state index contributed by atoms with van der Waals surface area (Å²) in [6.07, 6.45) is 1.72. The van der Waals surface area contributed by atoms with E-state index in [0.29, 0.717) is 19.6 Å². The van der Waals surface area contributed by atoms with Gasteiger partial charge in [-0.1, -0.05) is 18.2 Å². The van der Waals surface area contributed by atoms with E-state index in [4.69, 9.17) is 4.74 Å². The van der Waals surface area contributed by atoms with Crippen LogP contribution in [-0.2, 0) is 17.8 Å². The molecule has 0 fully saturated rings. The van der Waals surface area contributed by atoms with Crippen LogP contribution in [0.5, 0.6) is 0 Å². The molecular weight excluding hydrogens is 310 g/mol. The van der Waals surface area contributed by atoms with Crippen molar-refractivity contribution < 1.29 is 9.53 Å². The van der Waals surface area contributed by atoms with E-state index in [9.17, 15) is 4.79 Å². The molecule has 4 rings (SSSR count). The molecule has 5 nitrogen and oxygen atoms in total. The molecule has 1 atom stereocenters. The molecular formula is C17H17N3O2S. The van der Waals surface area contributed by atoms with E-state index >= 15 is 0 Å². The van der Waals surface area contributed by atoms with Gasteiger partial charge in [0.15, 0.2) is 0 Å². The molecule has 0 spiro atoms. The van der Waals surface area contributed by atoms with Crippen molar-refractivity contribution in [3.05, 3.63) is 53.2 Å². The zero-order valence-electron chi connectivity index (χ0n) is 12.8. The van der Waals surface area contributed by atoms with E-state index in [1.165, 1.54) is 0 Å². The number of carbonyl (C=O) groups is 1. The molecule has 3 aromatic rings. The lowest BCUT2D eigenvalue weighted by molar-refractivity contribution is 0.0451. The second-order valence-electron chi connectivity index (χ2n) is 5.69. The first kappa shape index (κ1) is 14.4. The van der Waals surface area contributed by atoms with Gasteiger partial charge in [-0.05, 0) is 12.1 Å². The molecule has 0 bridgehead atoms. The maximum absolute atomic E-state index is 13.1. The van der Waals surface area contributed by atoms with Crippen molar-refractivity contribution in [1.82, 2.24) is 14.7 Å². The molecule has 23 heavy (non-hydrogen) atoms. The third-order valence-electron chi connectivity index (χ3n) is 4.29. The molecule has 6 heteroatoms. The van der Waals surface area contributed by atoms with Crippen LogP contribution in [0.15, 0.2) is 41.9 Å². The maximum Gasteiger partial charge on any atom is 0.255 e. The highest BCUT2D eigenvalue weighted by molar-refractivity contribution is 7.17. The number of nitrogens with zero attached hydrogens (tertiary/aromatic N) is 3. The molecule has 0 saturated carbocycles. The van der Waals surface area contributed by atoms with Crippen LogP contribution in [0.4, 0.5) is 0 Å². The molecule has 2 aromatic heterocycles. The van der Waals surface area contributed by atoms with Gasteiger partial charge >= 0.3 is 0 Å². The van der Waals surface area contributed by atoms with Crippen molar-refractivity contribution in [3.63, 3.8) is 0 Å². The Morgan fingerprint density at radius 2 is 2.17 bits per heavy atom. The normalized spacial score (nSPS) is 18.0. The van der Waals surface area contributed by atoms with Crippen molar-refractivity contribution >= 4 is 27.3 Å². The van der Waals surface area contributed by atoms with Gasteiger partial charge in [0.25, 0.3) is 5.91 Å². The van der Waals surface area contributed by atoms with Crippen LogP contribution in [0, 0.1) is 0 Å². The van der Waals surface area contributed by atoms with Crippen LogP contribution in [-0.4, -0.2) is 40.3 Å². The summed E-state index contributed by atoms with van der Waals surface area (Å²) in [7, 11) is 1.68. The van der Waals surface area contributed by atoms with Crippen LogP contribution in [0.25, 0.3) is 10.1 Å². The van der Waals surface area contributed by atoms with Gasteiger partial charge in [0.2, 0.25) is 0 Å². The second kappa shape index (κ2) is 5.79. The van der Waals surface area contributed by atoms with E-state index < -0.39 is 0 Å². The number of methoxy groups -OCH3 is 1. The van der Waals surface area contributed by atoms with Gasteiger partial charge in [0.05, 0.1) is 30.5 Å². The minimum Gasteiger partial charge on any atom is -0.378 e. The smallest absolute Gasteiger partial charge is 0.255 e. The summed E-state index contributed by atoms with van der Waals surface area (Å²) in [5.41, 5.74) is 1.81. The Labute approximate surface area is 138 Å². The average Bonchev–Trinajstić information content (AvgIpc) is 3.16. The SMILES string of the molecule is COC1CN(C(=O)c2csc3ccccc23)Cc2ccnn2C1. The number of hydrogen-bond acceptors (Lipinski definition) is 4. The number of benzene rings is 1. The summed E-state index contributed by atoms with van der Waals surface area (Å²) in [4.78, 5) is 14.9. The standard InChI is InChI=1S/C17H17N3O2S/c1-22-13-9-19(8-12-6-7-18-20(12)10-13)17(21)15-11-23-16-5-3-2-4-14(15)16/h2-7,11,13H,8-10H2,1H3. The summed E-state index contributed by atoms with van der Waals surface area (Å²) in [6.45, 7) is 1.80. The van der Waals surface area contributed by atoms with Gasteiger partial charge in [-0.15, -0.1) is 11.3 Å². The van der Waals surface area contributed by atoms with Crippen LogP contribution >= 0.6 is 11.3 Å². The zero-order chi connectivity index (χ0) is 15.8. The van der Waals surface area contributed by atoms with Crippen molar-refractivity contribution in [2.45, 2.75) is 19.2 Å². The number of amides is 1. The molecule has 1 unspecified atom stereocenters. The van der Waals surface area contributed by atoms with E-state index in [0.717, 1.165) is 21.3 Å². The fourth-order valence-electron chi connectivity index (χ4n) is 3.03. The summed E-state index contributed by atoms with van der Waals surface area (Å²) in [5.74, 6) is 0.0548. The van der Waals surface area contributed by atoms with E-state index in [-0.39, 0.29) is 12.0 Å². The third-order valence-corrected chi connectivity index (χ3v) is 5.25. The van der Waals surface area contributed by atoms with Gasteiger partial charge < -0.3 is 9.64 Å². The molecule has 118 valence electrons. The molecule has 0 N–H and O–H groups in total. The van der Waals surface area contributed by atoms with Crippen LogP contribution in [0.3, 0.4) is 0 Å². The lowest BCUT2D eigenvalue weighted by atomic mass is 10.1. The number of thiophene rings is 1. The molecule has 3 heterocycles. The van der Waals surface area contributed by atoms with E-state index in [2.05, 4.69) is 5.10 Å². The molecule has 0 aliphatic carbocycles. The number of carbonyl (C=O) groups excluding carboxylic acids is 1. The van der Waals surface area contributed by atoms with Crippen LogP contribution < -0.4 is 0 Å². The van der Waals surface area contributed by atoms with Crippen molar-refractivity contribution in [2.75, 3.05) is 13.7 Å². The monoisotopic (exact) mass is 327 g/mol. The Morgan fingerprint density at radius 3 is 3.04 bits per heavy atom. The lowest BCUT2D eigenvalue weighted by Crippen LogP contribution is -2.36. The molecule has 0 radical (unpaired) electrons. The van der Waals surface area contributed by atoms with Crippen LogP contribution in [0.1, 0.15) is 16.1 Å². The molecule has 1 aliphatic rings. The summed E-state index contributed by atoms with van der Waals surface area (Å²) in [6, 6.07) is 9.99. The van der Waals surface area contributed by atoms with Crippen LogP contribution in [0.2, 0.25) is 0 Å². The Bertz CT molecular complexity index is 854. The molecule has 1 amide bonds.